The fourth-order valence-corrected chi connectivity index (χ4v) is 4.69. The molecule has 9 nitrogen and oxygen atoms in total. The highest BCUT2D eigenvalue weighted by Gasteiger charge is 2.26. The van der Waals surface area contributed by atoms with Crippen LogP contribution >= 0.6 is 0 Å². The number of hydrogen-bond donors (Lipinski definition) is 5. The minimum Gasteiger partial charge on any atom is -0.508 e. The van der Waals surface area contributed by atoms with Crippen molar-refractivity contribution in [2.45, 2.75) is 6.92 Å². The lowest BCUT2D eigenvalue weighted by Crippen LogP contribution is -2.09. The molecule has 0 unspecified atom stereocenters. The van der Waals surface area contributed by atoms with Crippen LogP contribution in [0, 0.1) is 6.92 Å². The Morgan fingerprint density at radius 3 is 1.98 bits per heavy atom. The van der Waals surface area contributed by atoms with Gasteiger partial charge in [-0.3, -0.25) is 9.59 Å². The van der Waals surface area contributed by atoms with Crippen LogP contribution in [0.2, 0.25) is 0 Å². The van der Waals surface area contributed by atoms with Crippen molar-refractivity contribution in [3.05, 3.63) is 98.8 Å². The van der Waals surface area contributed by atoms with E-state index in [1.54, 1.807) is 12.1 Å². The SMILES string of the molecule is Cc1ccc(-c2cc(=O)c3c(O)c(O)c(-c4c(-c5ccc(O)cc5)oc5cc(O)cc(O)c5c4=O)cc3o2)cc1. The second-order valence-electron chi connectivity index (χ2n) is 9.36. The standard InChI is InChI=1S/C31H20O9/c1-14-2-4-15(5-3-14)22-13-21(35)27-24(39-22)12-19(28(36)30(27)38)25-29(37)26-20(34)10-18(33)11-23(26)40-31(25)16-6-8-17(32)9-7-16/h2-13,32-34,36,38H,1H3. The van der Waals surface area contributed by atoms with Gasteiger partial charge in [-0.25, -0.2) is 0 Å². The van der Waals surface area contributed by atoms with Crippen molar-refractivity contribution in [2.75, 3.05) is 0 Å². The van der Waals surface area contributed by atoms with Crippen molar-refractivity contribution in [3.8, 4) is 62.5 Å². The fourth-order valence-electron chi connectivity index (χ4n) is 4.69. The first kappa shape index (κ1) is 24.6. The summed E-state index contributed by atoms with van der Waals surface area (Å²) in [6.07, 6.45) is 0. The molecule has 0 aliphatic rings. The first-order valence-electron chi connectivity index (χ1n) is 12.0. The zero-order chi connectivity index (χ0) is 28.3. The Bertz CT molecular complexity index is 2090. The van der Waals surface area contributed by atoms with Gasteiger partial charge in [0.15, 0.2) is 16.9 Å². The Hall–Kier alpha value is -5.70. The second-order valence-corrected chi connectivity index (χ2v) is 9.36. The summed E-state index contributed by atoms with van der Waals surface area (Å²) in [5.41, 5.74) is -0.286. The predicted octanol–water partition coefficient (Wildman–Crippen LogP) is 5.74. The smallest absolute Gasteiger partial charge is 0.205 e. The van der Waals surface area contributed by atoms with Crippen LogP contribution in [0.1, 0.15) is 5.56 Å². The molecular formula is C31H20O9. The van der Waals surface area contributed by atoms with Gasteiger partial charge >= 0.3 is 0 Å². The molecule has 40 heavy (non-hydrogen) atoms. The molecule has 0 saturated heterocycles. The van der Waals surface area contributed by atoms with Gasteiger partial charge in [0.05, 0.1) is 5.56 Å². The van der Waals surface area contributed by atoms with Gasteiger partial charge < -0.3 is 34.4 Å². The zero-order valence-electron chi connectivity index (χ0n) is 20.8. The van der Waals surface area contributed by atoms with E-state index >= 15 is 0 Å². The van der Waals surface area contributed by atoms with Crippen LogP contribution in [0.4, 0.5) is 0 Å². The Labute approximate surface area is 224 Å². The molecule has 0 aliphatic heterocycles. The maximum Gasteiger partial charge on any atom is 0.205 e. The van der Waals surface area contributed by atoms with E-state index in [2.05, 4.69) is 0 Å². The van der Waals surface area contributed by atoms with Crippen LogP contribution in [0.15, 0.2) is 91.2 Å². The van der Waals surface area contributed by atoms with Crippen LogP contribution in [0.5, 0.6) is 28.7 Å². The summed E-state index contributed by atoms with van der Waals surface area (Å²) in [5.74, 6) is -2.47. The number of hydrogen-bond acceptors (Lipinski definition) is 9. The highest BCUT2D eigenvalue weighted by molar-refractivity contribution is 5.99. The molecule has 198 valence electrons. The average Bonchev–Trinajstić information content (AvgIpc) is 2.91. The molecule has 0 atom stereocenters. The highest BCUT2D eigenvalue weighted by atomic mass is 16.3. The van der Waals surface area contributed by atoms with Gasteiger partial charge in [0.1, 0.15) is 50.7 Å². The fraction of sp³-hybridized carbons (Fsp3) is 0.0323. The van der Waals surface area contributed by atoms with Crippen LogP contribution in [-0.2, 0) is 0 Å². The van der Waals surface area contributed by atoms with Gasteiger partial charge in [-0.2, -0.15) is 0 Å². The zero-order valence-corrected chi connectivity index (χ0v) is 20.8. The molecule has 0 aliphatic carbocycles. The van der Waals surface area contributed by atoms with Crippen molar-refractivity contribution in [3.63, 3.8) is 0 Å². The topological polar surface area (TPSA) is 162 Å². The van der Waals surface area contributed by atoms with Crippen molar-refractivity contribution < 1.29 is 34.4 Å². The molecule has 0 saturated carbocycles. The quantitative estimate of drug-likeness (QED) is 0.178. The van der Waals surface area contributed by atoms with Gasteiger partial charge in [0, 0.05) is 34.9 Å². The third kappa shape index (κ3) is 3.88. The molecule has 6 rings (SSSR count). The Morgan fingerprint density at radius 1 is 0.625 bits per heavy atom. The summed E-state index contributed by atoms with van der Waals surface area (Å²) in [5, 5.41) is 51.6. The van der Waals surface area contributed by atoms with Crippen molar-refractivity contribution in [2.24, 2.45) is 0 Å². The average molecular weight is 536 g/mol. The summed E-state index contributed by atoms with van der Waals surface area (Å²) < 4.78 is 11.9. The highest BCUT2D eigenvalue weighted by Crippen LogP contribution is 2.45. The van der Waals surface area contributed by atoms with E-state index in [0.717, 1.165) is 17.7 Å². The minimum absolute atomic E-state index is 0.0552. The largest absolute Gasteiger partial charge is 0.508 e. The summed E-state index contributed by atoms with van der Waals surface area (Å²) in [4.78, 5) is 26.9. The van der Waals surface area contributed by atoms with Crippen molar-refractivity contribution >= 4 is 21.9 Å². The van der Waals surface area contributed by atoms with Crippen LogP contribution < -0.4 is 10.9 Å². The molecular weight excluding hydrogens is 516 g/mol. The molecule has 5 N–H and O–H groups in total. The summed E-state index contributed by atoms with van der Waals surface area (Å²) >= 11 is 0. The number of aryl methyl sites for hydroxylation is 1. The molecule has 0 bridgehead atoms. The lowest BCUT2D eigenvalue weighted by molar-refractivity contribution is 0.408. The minimum atomic E-state index is -0.803. The first-order valence-corrected chi connectivity index (χ1v) is 12.0. The van der Waals surface area contributed by atoms with E-state index in [0.29, 0.717) is 11.1 Å². The molecule has 0 fully saturated rings. The third-order valence-corrected chi connectivity index (χ3v) is 6.66. The normalized spacial score (nSPS) is 11.3. The Morgan fingerprint density at radius 2 is 1.27 bits per heavy atom. The lowest BCUT2D eigenvalue weighted by Gasteiger charge is -2.14. The van der Waals surface area contributed by atoms with Gasteiger partial charge in [0.25, 0.3) is 0 Å². The number of rotatable bonds is 3. The second kappa shape index (κ2) is 8.95. The maximum absolute atomic E-state index is 13.9. The van der Waals surface area contributed by atoms with Crippen LogP contribution in [0.25, 0.3) is 55.7 Å². The van der Waals surface area contributed by atoms with Crippen molar-refractivity contribution in [1.82, 2.24) is 0 Å². The number of aromatic hydroxyl groups is 5. The molecule has 2 aromatic heterocycles. The van der Waals surface area contributed by atoms with Gasteiger partial charge in [-0.05, 0) is 37.3 Å². The van der Waals surface area contributed by atoms with E-state index in [1.165, 1.54) is 36.4 Å². The molecule has 9 heteroatoms. The Kier molecular flexibility index (Phi) is 5.51. The van der Waals surface area contributed by atoms with Crippen LogP contribution in [-0.4, -0.2) is 25.5 Å². The van der Waals surface area contributed by atoms with Crippen LogP contribution in [0.3, 0.4) is 0 Å². The summed E-state index contributed by atoms with van der Waals surface area (Å²) in [7, 11) is 0. The predicted molar refractivity (Wildman–Crippen MR) is 148 cm³/mol. The van der Waals surface area contributed by atoms with Gasteiger partial charge in [0.2, 0.25) is 5.43 Å². The van der Waals surface area contributed by atoms with E-state index in [1.807, 2.05) is 19.1 Å². The van der Waals surface area contributed by atoms with E-state index in [9.17, 15) is 35.1 Å². The number of phenols is 5. The summed E-state index contributed by atoms with van der Waals surface area (Å²) in [6, 6.07) is 17.4. The molecule has 4 aromatic carbocycles. The monoisotopic (exact) mass is 536 g/mol. The Balaban J connectivity index is 1.72. The first-order chi connectivity index (χ1) is 19.1. The van der Waals surface area contributed by atoms with Gasteiger partial charge in [-0.15, -0.1) is 0 Å². The number of fused-ring (bicyclic) bond motifs is 2. The molecule has 0 amide bonds. The summed E-state index contributed by atoms with van der Waals surface area (Å²) in [6.45, 7) is 1.91. The number of benzene rings is 4. The number of phenolic OH excluding ortho intramolecular Hbond substituents is 5. The van der Waals surface area contributed by atoms with E-state index in [4.69, 9.17) is 8.83 Å². The van der Waals surface area contributed by atoms with E-state index in [-0.39, 0.29) is 56.1 Å². The molecule has 0 radical (unpaired) electrons. The lowest BCUT2D eigenvalue weighted by atomic mass is 9.95. The molecule has 0 spiro atoms. The third-order valence-electron chi connectivity index (χ3n) is 6.66. The van der Waals surface area contributed by atoms with Crippen molar-refractivity contribution in [1.29, 1.82) is 0 Å². The maximum atomic E-state index is 13.9. The molecule has 6 aromatic rings. The van der Waals surface area contributed by atoms with E-state index < -0.39 is 28.1 Å². The molecule has 2 heterocycles. The van der Waals surface area contributed by atoms with Gasteiger partial charge in [-0.1, -0.05) is 29.8 Å².